The van der Waals surface area contributed by atoms with Crippen LogP contribution in [0.25, 0.3) is 0 Å². The molecular weight excluding hydrogens is 324 g/mol. The van der Waals surface area contributed by atoms with E-state index in [1.165, 1.54) is 12.1 Å². The highest BCUT2D eigenvalue weighted by Crippen LogP contribution is 2.32. The van der Waals surface area contributed by atoms with Crippen LogP contribution in [-0.2, 0) is 9.84 Å². The maximum Gasteiger partial charge on any atom is 0.150 e. The van der Waals surface area contributed by atoms with E-state index in [4.69, 9.17) is 23.2 Å². The van der Waals surface area contributed by atoms with E-state index in [-0.39, 0.29) is 28.5 Å². The summed E-state index contributed by atoms with van der Waals surface area (Å²) in [6, 6.07) is 2.45. The monoisotopic (exact) mass is 339 g/mol. The van der Waals surface area contributed by atoms with Gasteiger partial charge in [-0.1, -0.05) is 23.2 Å². The van der Waals surface area contributed by atoms with Crippen LogP contribution in [0.1, 0.15) is 24.9 Å². The van der Waals surface area contributed by atoms with Gasteiger partial charge in [-0.05, 0) is 37.9 Å². The van der Waals surface area contributed by atoms with Crippen molar-refractivity contribution in [1.82, 2.24) is 5.32 Å². The largest absolute Gasteiger partial charge is 0.310 e. The van der Waals surface area contributed by atoms with Gasteiger partial charge in [0.25, 0.3) is 0 Å². The van der Waals surface area contributed by atoms with Gasteiger partial charge in [0, 0.05) is 16.6 Å². The fourth-order valence-corrected chi connectivity index (χ4v) is 4.98. The van der Waals surface area contributed by atoms with E-state index in [1.807, 2.05) is 6.92 Å². The van der Waals surface area contributed by atoms with Crippen LogP contribution < -0.4 is 5.32 Å². The summed E-state index contributed by atoms with van der Waals surface area (Å²) in [5, 5.41) is 3.60. The van der Waals surface area contributed by atoms with Gasteiger partial charge in [0.15, 0.2) is 9.84 Å². The number of hydrogen-bond donors (Lipinski definition) is 1. The van der Waals surface area contributed by atoms with Gasteiger partial charge in [0.2, 0.25) is 0 Å². The van der Waals surface area contributed by atoms with Crippen LogP contribution in [0.3, 0.4) is 0 Å². The fourth-order valence-electron chi connectivity index (χ4n) is 2.42. The molecule has 1 aromatic rings. The number of rotatable bonds is 4. The molecule has 1 aliphatic heterocycles. The third-order valence-corrected chi connectivity index (χ3v) is 6.10. The maximum absolute atomic E-state index is 13.5. The molecule has 2 atom stereocenters. The van der Waals surface area contributed by atoms with E-state index < -0.39 is 15.7 Å². The van der Waals surface area contributed by atoms with Crippen molar-refractivity contribution in [1.29, 1.82) is 0 Å². The molecule has 1 heterocycles. The Labute approximate surface area is 128 Å². The standard InChI is InChI=1S/C13H16Cl2FNO2S/c1-8(12-10(14)2-3-11(16)13(12)15)17-6-9-4-5-20(18,19)7-9/h2-3,8-9,17H,4-7H2,1H3. The third kappa shape index (κ3) is 3.64. The molecule has 0 radical (unpaired) electrons. The molecule has 0 bridgehead atoms. The van der Waals surface area contributed by atoms with Crippen LogP contribution in [0.15, 0.2) is 12.1 Å². The zero-order valence-electron chi connectivity index (χ0n) is 11.0. The SMILES string of the molecule is CC(NCC1CCS(=O)(=O)C1)c1c(Cl)ccc(F)c1Cl. The van der Waals surface area contributed by atoms with E-state index in [2.05, 4.69) is 5.32 Å². The van der Waals surface area contributed by atoms with Crippen molar-refractivity contribution in [2.24, 2.45) is 5.92 Å². The van der Waals surface area contributed by atoms with Crippen molar-refractivity contribution in [2.75, 3.05) is 18.1 Å². The molecule has 2 unspecified atom stereocenters. The Morgan fingerprint density at radius 1 is 1.45 bits per heavy atom. The minimum Gasteiger partial charge on any atom is -0.310 e. The second kappa shape index (κ2) is 6.18. The summed E-state index contributed by atoms with van der Waals surface area (Å²) in [4.78, 5) is 0. The molecule has 20 heavy (non-hydrogen) atoms. The number of benzene rings is 1. The lowest BCUT2D eigenvalue weighted by atomic mass is 10.1. The second-order valence-corrected chi connectivity index (χ2v) is 8.17. The summed E-state index contributed by atoms with van der Waals surface area (Å²) in [5.74, 6) is 0.0312. The van der Waals surface area contributed by atoms with Crippen molar-refractivity contribution in [3.8, 4) is 0 Å². The van der Waals surface area contributed by atoms with E-state index in [9.17, 15) is 12.8 Å². The molecule has 2 rings (SSSR count). The minimum absolute atomic E-state index is 0.0107. The number of hydrogen-bond acceptors (Lipinski definition) is 3. The highest BCUT2D eigenvalue weighted by atomic mass is 35.5. The van der Waals surface area contributed by atoms with Crippen LogP contribution in [0.4, 0.5) is 4.39 Å². The van der Waals surface area contributed by atoms with Gasteiger partial charge in [0.05, 0.1) is 16.5 Å². The zero-order valence-corrected chi connectivity index (χ0v) is 13.3. The smallest absolute Gasteiger partial charge is 0.150 e. The van der Waals surface area contributed by atoms with Crippen LogP contribution in [-0.4, -0.2) is 26.5 Å². The summed E-state index contributed by atoms with van der Waals surface area (Å²) < 4.78 is 36.2. The van der Waals surface area contributed by atoms with Gasteiger partial charge < -0.3 is 5.32 Å². The van der Waals surface area contributed by atoms with Crippen molar-refractivity contribution in [3.63, 3.8) is 0 Å². The Bertz CT molecular complexity index is 607. The lowest BCUT2D eigenvalue weighted by Crippen LogP contribution is -2.27. The molecule has 3 nitrogen and oxygen atoms in total. The molecule has 1 aliphatic rings. The predicted octanol–water partition coefficient (Wildman–Crippen LogP) is 3.22. The summed E-state index contributed by atoms with van der Waals surface area (Å²) in [6.07, 6.45) is 0.659. The lowest BCUT2D eigenvalue weighted by molar-refractivity contribution is 0.475. The van der Waals surface area contributed by atoms with E-state index in [0.717, 1.165) is 0 Å². The second-order valence-electron chi connectivity index (χ2n) is 5.16. The van der Waals surface area contributed by atoms with Crippen LogP contribution in [0.2, 0.25) is 10.0 Å². The van der Waals surface area contributed by atoms with Gasteiger partial charge in [0.1, 0.15) is 5.82 Å². The fraction of sp³-hybridized carbons (Fsp3) is 0.538. The summed E-state index contributed by atoms with van der Waals surface area (Å²) in [7, 11) is -2.88. The number of nitrogens with one attached hydrogen (secondary N) is 1. The molecule has 7 heteroatoms. The summed E-state index contributed by atoms with van der Waals surface area (Å²) in [6.45, 7) is 2.37. The average Bonchev–Trinajstić information content (AvgIpc) is 2.72. The summed E-state index contributed by atoms with van der Waals surface area (Å²) in [5.41, 5.74) is 0.509. The van der Waals surface area contributed by atoms with E-state index in [1.54, 1.807) is 0 Å². The van der Waals surface area contributed by atoms with Gasteiger partial charge >= 0.3 is 0 Å². The average molecular weight is 340 g/mol. The Hall–Kier alpha value is -0.360. The molecular formula is C13H16Cl2FNO2S. The quantitative estimate of drug-likeness (QED) is 0.856. The van der Waals surface area contributed by atoms with E-state index >= 15 is 0 Å². The first-order valence-electron chi connectivity index (χ1n) is 6.37. The van der Waals surface area contributed by atoms with Crippen molar-refractivity contribution in [2.45, 2.75) is 19.4 Å². The van der Waals surface area contributed by atoms with Crippen LogP contribution >= 0.6 is 23.2 Å². The first-order valence-corrected chi connectivity index (χ1v) is 8.95. The highest BCUT2D eigenvalue weighted by Gasteiger charge is 2.28. The normalized spacial score (nSPS) is 22.9. The molecule has 1 N–H and O–H groups in total. The molecule has 1 fully saturated rings. The predicted molar refractivity (Wildman–Crippen MR) is 79.6 cm³/mol. The molecule has 0 aromatic heterocycles. The molecule has 0 aliphatic carbocycles. The summed E-state index contributed by atoms with van der Waals surface area (Å²) >= 11 is 12.0. The Morgan fingerprint density at radius 3 is 2.75 bits per heavy atom. The lowest BCUT2D eigenvalue weighted by Gasteiger charge is -2.19. The number of halogens is 3. The van der Waals surface area contributed by atoms with Gasteiger partial charge in [-0.2, -0.15) is 0 Å². The van der Waals surface area contributed by atoms with E-state index in [0.29, 0.717) is 23.6 Å². The molecule has 1 aromatic carbocycles. The third-order valence-electron chi connectivity index (χ3n) is 3.55. The number of sulfone groups is 1. The Balaban J connectivity index is 2.03. The molecule has 112 valence electrons. The van der Waals surface area contributed by atoms with Crippen molar-refractivity contribution in [3.05, 3.63) is 33.6 Å². The maximum atomic E-state index is 13.5. The topological polar surface area (TPSA) is 46.2 Å². The van der Waals surface area contributed by atoms with Gasteiger partial charge in [-0.25, -0.2) is 12.8 Å². The molecule has 0 saturated carbocycles. The zero-order chi connectivity index (χ0) is 14.9. The first-order chi connectivity index (χ1) is 9.30. The van der Waals surface area contributed by atoms with Crippen molar-refractivity contribution < 1.29 is 12.8 Å². The first kappa shape index (κ1) is 16.0. The Kier molecular flexibility index (Phi) is 4.95. The van der Waals surface area contributed by atoms with Crippen molar-refractivity contribution >= 4 is 33.0 Å². The van der Waals surface area contributed by atoms with Gasteiger partial charge in [-0.3, -0.25) is 0 Å². The molecule has 0 amide bonds. The Morgan fingerprint density at radius 2 is 2.15 bits per heavy atom. The van der Waals surface area contributed by atoms with Crippen LogP contribution in [0.5, 0.6) is 0 Å². The van der Waals surface area contributed by atoms with Gasteiger partial charge in [-0.15, -0.1) is 0 Å². The van der Waals surface area contributed by atoms with Crippen LogP contribution in [0, 0.1) is 11.7 Å². The minimum atomic E-state index is -2.88. The highest BCUT2D eigenvalue weighted by molar-refractivity contribution is 7.91. The molecule has 1 saturated heterocycles. The molecule has 0 spiro atoms.